The van der Waals surface area contributed by atoms with Gasteiger partial charge in [-0.1, -0.05) is 0 Å². The fourth-order valence-electron chi connectivity index (χ4n) is 1.17. The Hall–Kier alpha value is -2.02. The van der Waals surface area contributed by atoms with Crippen molar-refractivity contribution in [1.29, 1.82) is 0 Å². The van der Waals surface area contributed by atoms with Crippen molar-refractivity contribution < 1.29 is 4.79 Å². The number of aromatic amines is 1. The molecule has 0 unspecified atom stereocenters. The van der Waals surface area contributed by atoms with Gasteiger partial charge in [0.15, 0.2) is 5.16 Å². The third-order valence-corrected chi connectivity index (χ3v) is 2.82. The first kappa shape index (κ1) is 10.5. The Labute approximate surface area is 95.4 Å². The van der Waals surface area contributed by atoms with Crippen LogP contribution in [0.1, 0.15) is 10.4 Å². The molecule has 6 nitrogen and oxygen atoms in total. The van der Waals surface area contributed by atoms with Gasteiger partial charge >= 0.3 is 0 Å². The van der Waals surface area contributed by atoms with Gasteiger partial charge in [0, 0.05) is 10.6 Å². The average molecular weight is 235 g/mol. The minimum absolute atomic E-state index is 0.413. The second kappa shape index (κ2) is 4.23. The van der Waals surface area contributed by atoms with Crippen molar-refractivity contribution in [3.05, 3.63) is 30.1 Å². The second-order valence-electron chi connectivity index (χ2n) is 3.01. The van der Waals surface area contributed by atoms with Gasteiger partial charge in [-0.25, -0.2) is 4.98 Å². The molecule has 16 heavy (non-hydrogen) atoms. The summed E-state index contributed by atoms with van der Waals surface area (Å²) < 4.78 is 0. The molecule has 0 aliphatic rings. The van der Waals surface area contributed by atoms with E-state index in [1.165, 1.54) is 18.1 Å². The highest BCUT2D eigenvalue weighted by molar-refractivity contribution is 7.99. The number of nitrogens with zero attached hydrogens (tertiary/aromatic N) is 2. The van der Waals surface area contributed by atoms with E-state index in [9.17, 15) is 4.79 Å². The Kier molecular flexibility index (Phi) is 2.78. The lowest BCUT2D eigenvalue weighted by Gasteiger charge is -2.05. The van der Waals surface area contributed by atoms with E-state index in [-0.39, 0.29) is 0 Å². The number of aromatic nitrogens is 3. The molecule has 0 saturated carbocycles. The summed E-state index contributed by atoms with van der Waals surface area (Å²) in [7, 11) is 0. The summed E-state index contributed by atoms with van der Waals surface area (Å²) in [5, 5.41) is 6.97. The van der Waals surface area contributed by atoms with E-state index in [1.807, 2.05) is 0 Å². The molecule has 7 heteroatoms. The first-order valence-corrected chi connectivity index (χ1v) is 5.21. The monoisotopic (exact) mass is 235 g/mol. The molecule has 1 aromatic carbocycles. The number of nitrogens with two attached hydrogens (primary N) is 2. The molecule has 0 aliphatic heterocycles. The van der Waals surface area contributed by atoms with Gasteiger partial charge in [-0.05, 0) is 30.0 Å². The Bertz CT molecular complexity index is 511. The number of anilines is 1. The molecule has 1 amide bonds. The fourth-order valence-corrected chi connectivity index (χ4v) is 2.05. The van der Waals surface area contributed by atoms with Crippen LogP contribution in [0.25, 0.3) is 0 Å². The molecule has 0 bridgehead atoms. The van der Waals surface area contributed by atoms with Crippen LogP contribution >= 0.6 is 11.8 Å². The molecule has 0 radical (unpaired) electrons. The quantitative estimate of drug-likeness (QED) is 0.676. The van der Waals surface area contributed by atoms with E-state index >= 15 is 0 Å². The lowest BCUT2D eigenvalue weighted by Crippen LogP contribution is -2.12. The SMILES string of the molecule is NC(=O)c1ccc(N)cc1Sc1ncn[nH]1. The van der Waals surface area contributed by atoms with E-state index in [1.54, 1.807) is 18.2 Å². The number of primary amides is 1. The maximum Gasteiger partial charge on any atom is 0.249 e. The summed E-state index contributed by atoms with van der Waals surface area (Å²) in [5.74, 6) is -0.498. The van der Waals surface area contributed by atoms with Crippen molar-refractivity contribution in [2.45, 2.75) is 10.1 Å². The summed E-state index contributed by atoms with van der Waals surface area (Å²) in [5.41, 5.74) is 11.9. The van der Waals surface area contributed by atoms with Crippen molar-refractivity contribution in [2.24, 2.45) is 5.73 Å². The minimum atomic E-state index is -0.498. The van der Waals surface area contributed by atoms with Crippen LogP contribution in [0.3, 0.4) is 0 Å². The molecule has 0 saturated heterocycles. The lowest BCUT2D eigenvalue weighted by atomic mass is 10.2. The van der Waals surface area contributed by atoms with Crippen molar-refractivity contribution in [3.63, 3.8) is 0 Å². The fraction of sp³-hybridized carbons (Fsp3) is 0. The Morgan fingerprint density at radius 2 is 2.25 bits per heavy atom. The van der Waals surface area contributed by atoms with Gasteiger partial charge in [-0.3, -0.25) is 9.89 Å². The number of carbonyl (C=O) groups is 1. The zero-order valence-corrected chi connectivity index (χ0v) is 8.99. The number of nitrogen functional groups attached to an aromatic ring is 1. The number of nitrogens with one attached hydrogen (secondary N) is 1. The van der Waals surface area contributed by atoms with Gasteiger partial charge in [0.25, 0.3) is 0 Å². The zero-order valence-electron chi connectivity index (χ0n) is 8.18. The summed E-state index contributed by atoms with van der Waals surface area (Å²) >= 11 is 1.25. The van der Waals surface area contributed by atoms with Crippen LogP contribution in [-0.4, -0.2) is 21.1 Å². The standard InChI is InChI=1S/C9H9N5OS/c10-5-1-2-6(8(11)15)7(3-5)16-9-12-4-13-14-9/h1-4H,10H2,(H2,11,15)(H,12,13,14). The van der Waals surface area contributed by atoms with Gasteiger partial charge in [0.1, 0.15) is 6.33 Å². The molecule has 5 N–H and O–H groups in total. The summed E-state index contributed by atoms with van der Waals surface area (Å²) in [6, 6.07) is 4.90. The number of hydrogen-bond donors (Lipinski definition) is 3. The molecule has 1 heterocycles. The normalized spacial score (nSPS) is 10.2. The Balaban J connectivity index is 2.38. The third-order valence-electron chi connectivity index (χ3n) is 1.87. The first-order chi connectivity index (χ1) is 7.66. The predicted molar refractivity (Wildman–Crippen MR) is 59.9 cm³/mol. The highest BCUT2D eigenvalue weighted by Gasteiger charge is 2.11. The van der Waals surface area contributed by atoms with Crippen LogP contribution in [0.5, 0.6) is 0 Å². The van der Waals surface area contributed by atoms with Gasteiger partial charge in [0.2, 0.25) is 5.91 Å². The smallest absolute Gasteiger partial charge is 0.249 e. The average Bonchev–Trinajstić information content (AvgIpc) is 2.70. The molecule has 2 rings (SSSR count). The largest absolute Gasteiger partial charge is 0.399 e. The number of hydrogen-bond acceptors (Lipinski definition) is 5. The van der Waals surface area contributed by atoms with Crippen molar-refractivity contribution >= 4 is 23.4 Å². The molecule has 0 fully saturated rings. The predicted octanol–water partition coefficient (Wildman–Crippen LogP) is 0.637. The summed E-state index contributed by atoms with van der Waals surface area (Å²) in [6.45, 7) is 0. The topological polar surface area (TPSA) is 111 Å². The van der Waals surface area contributed by atoms with Crippen LogP contribution in [0.4, 0.5) is 5.69 Å². The van der Waals surface area contributed by atoms with Crippen LogP contribution < -0.4 is 11.5 Å². The molecular formula is C9H9N5OS. The number of rotatable bonds is 3. The van der Waals surface area contributed by atoms with Gasteiger partial charge in [0.05, 0.1) is 5.56 Å². The van der Waals surface area contributed by atoms with E-state index in [0.29, 0.717) is 21.3 Å². The minimum Gasteiger partial charge on any atom is -0.399 e. The maximum absolute atomic E-state index is 11.2. The molecule has 82 valence electrons. The van der Waals surface area contributed by atoms with E-state index in [0.717, 1.165) is 0 Å². The van der Waals surface area contributed by atoms with Crippen LogP contribution in [0, 0.1) is 0 Å². The number of benzene rings is 1. The van der Waals surface area contributed by atoms with E-state index in [2.05, 4.69) is 15.2 Å². The van der Waals surface area contributed by atoms with Crippen LogP contribution in [0.15, 0.2) is 34.6 Å². The van der Waals surface area contributed by atoms with E-state index in [4.69, 9.17) is 11.5 Å². The van der Waals surface area contributed by atoms with Crippen molar-refractivity contribution in [2.75, 3.05) is 5.73 Å². The summed E-state index contributed by atoms with van der Waals surface area (Å²) in [4.78, 5) is 15.8. The van der Waals surface area contributed by atoms with Gasteiger partial charge < -0.3 is 11.5 Å². The molecule has 0 atom stereocenters. The molecule has 0 aliphatic carbocycles. The summed E-state index contributed by atoms with van der Waals surface area (Å²) in [6.07, 6.45) is 1.39. The van der Waals surface area contributed by atoms with Gasteiger partial charge in [-0.15, -0.1) is 0 Å². The molecule has 1 aromatic heterocycles. The number of amides is 1. The van der Waals surface area contributed by atoms with Crippen molar-refractivity contribution in [1.82, 2.24) is 15.2 Å². The lowest BCUT2D eigenvalue weighted by molar-refractivity contribution is 0.0997. The van der Waals surface area contributed by atoms with Crippen LogP contribution in [0.2, 0.25) is 0 Å². The Morgan fingerprint density at radius 3 is 2.88 bits per heavy atom. The maximum atomic E-state index is 11.2. The second-order valence-corrected chi connectivity index (χ2v) is 4.04. The molecular weight excluding hydrogens is 226 g/mol. The Morgan fingerprint density at radius 1 is 1.44 bits per heavy atom. The first-order valence-electron chi connectivity index (χ1n) is 4.39. The van der Waals surface area contributed by atoms with E-state index < -0.39 is 5.91 Å². The third kappa shape index (κ3) is 2.14. The highest BCUT2D eigenvalue weighted by Crippen LogP contribution is 2.29. The van der Waals surface area contributed by atoms with Crippen LogP contribution in [-0.2, 0) is 0 Å². The zero-order chi connectivity index (χ0) is 11.5. The number of H-pyrrole nitrogens is 1. The number of carbonyl (C=O) groups excluding carboxylic acids is 1. The molecule has 2 aromatic rings. The van der Waals surface area contributed by atoms with Gasteiger partial charge in [-0.2, -0.15) is 5.10 Å². The van der Waals surface area contributed by atoms with Crippen molar-refractivity contribution in [3.8, 4) is 0 Å². The molecule has 0 spiro atoms. The highest BCUT2D eigenvalue weighted by atomic mass is 32.2.